The highest BCUT2D eigenvalue weighted by Gasteiger charge is 2.52. The van der Waals surface area contributed by atoms with E-state index in [1.807, 2.05) is 24.3 Å². The fraction of sp³-hybridized carbons (Fsp3) is 0.545. The summed E-state index contributed by atoms with van der Waals surface area (Å²) in [6, 6.07) is 7.89. The van der Waals surface area contributed by atoms with Crippen LogP contribution in [0, 0.1) is 17.8 Å². The van der Waals surface area contributed by atoms with Crippen molar-refractivity contribution < 1.29 is 4.79 Å². The quantitative estimate of drug-likeness (QED) is 0.700. The molecule has 0 aliphatic heterocycles. The minimum atomic E-state index is -0.0582. The Labute approximate surface area is 169 Å². The minimum Gasteiger partial charge on any atom is -0.298 e. The number of nitrogens with zero attached hydrogens (tertiary/aromatic N) is 1. The second kappa shape index (κ2) is 6.93. The fourth-order valence-electron chi connectivity index (χ4n) is 6.09. The van der Waals surface area contributed by atoms with Crippen molar-refractivity contribution in [1.82, 2.24) is 4.98 Å². The van der Waals surface area contributed by atoms with Crippen molar-refractivity contribution >= 4 is 34.1 Å². The predicted molar refractivity (Wildman–Crippen MR) is 114 cm³/mol. The maximum atomic E-state index is 12.6. The third kappa shape index (κ3) is 3.33. The monoisotopic (exact) mass is 398 g/mol. The number of benzene rings is 1. The lowest BCUT2D eigenvalue weighted by Crippen LogP contribution is -2.48. The van der Waals surface area contributed by atoms with Crippen LogP contribution < -0.4 is 5.32 Å². The van der Waals surface area contributed by atoms with E-state index in [0.717, 1.165) is 28.6 Å². The number of thiazole rings is 1. The van der Waals surface area contributed by atoms with E-state index in [4.69, 9.17) is 4.98 Å². The third-order valence-corrected chi connectivity index (χ3v) is 8.21. The maximum Gasteiger partial charge on any atom is 0.257 e. The summed E-state index contributed by atoms with van der Waals surface area (Å²) in [4.78, 5) is 17.5. The zero-order valence-electron chi connectivity index (χ0n) is 15.7. The van der Waals surface area contributed by atoms with Crippen LogP contribution >= 0.6 is 23.1 Å². The van der Waals surface area contributed by atoms with Gasteiger partial charge in [0.25, 0.3) is 5.91 Å². The van der Waals surface area contributed by atoms with Gasteiger partial charge in [0.05, 0.1) is 5.69 Å². The lowest BCUT2D eigenvalue weighted by atomic mass is 9.49. The number of aromatic nitrogens is 1. The molecule has 1 aromatic heterocycles. The number of nitrogens with one attached hydrogen (secondary N) is 1. The van der Waals surface area contributed by atoms with Crippen molar-refractivity contribution in [2.45, 2.75) is 49.7 Å². The molecule has 3 nitrogen and oxygen atoms in total. The molecular weight excluding hydrogens is 372 g/mol. The van der Waals surface area contributed by atoms with E-state index in [1.165, 1.54) is 49.8 Å². The number of hydrogen-bond acceptors (Lipinski definition) is 4. The molecule has 2 aromatic rings. The molecule has 0 atom stereocenters. The number of hydrogen-bond donors (Lipinski definition) is 1. The van der Waals surface area contributed by atoms with Crippen molar-refractivity contribution in [1.29, 1.82) is 0 Å². The first-order valence-corrected chi connectivity index (χ1v) is 12.3. The summed E-state index contributed by atoms with van der Waals surface area (Å²) in [5.41, 5.74) is 3.49. The summed E-state index contributed by atoms with van der Waals surface area (Å²) < 4.78 is 0. The van der Waals surface area contributed by atoms with Gasteiger partial charge in [-0.2, -0.15) is 11.8 Å². The van der Waals surface area contributed by atoms with Crippen LogP contribution in [0.4, 0.5) is 5.13 Å². The SMILES string of the molecule is CSCc1ccc(C(=O)Nc2nc(C34CC5CC(CC(C5)C3)C4)cs2)cc1. The molecule has 6 rings (SSSR count). The molecular formula is C22H26N2OS2. The fourth-order valence-corrected chi connectivity index (χ4v) is 7.44. The van der Waals surface area contributed by atoms with Crippen LogP contribution in [-0.4, -0.2) is 17.1 Å². The molecule has 0 unspecified atom stereocenters. The number of anilines is 1. The molecule has 4 aliphatic rings. The van der Waals surface area contributed by atoms with Crippen LogP contribution in [0.1, 0.15) is 60.1 Å². The predicted octanol–water partition coefficient (Wildman–Crippen LogP) is 5.73. The molecule has 0 spiro atoms. The zero-order valence-corrected chi connectivity index (χ0v) is 17.4. The van der Waals surface area contributed by atoms with E-state index in [1.54, 1.807) is 23.1 Å². The number of rotatable bonds is 5. The van der Waals surface area contributed by atoms with Crippen LogP contribution in [0.25, 0.3) is 0 Å². The Bertz CT molecular complexity index is 807. The first kappa shape index (κ1) is 17.7. The molecule has 1 amide bonds. The van der Waals surface area contributed by atoms with Gasteiger partial charge >= 0.3 is 0 Å². The molecule has 1 heterocycles. The largest absolute Gasteiger partial charge is 0.298 e. The number of carbonyl (C=O) groups is 1. The Hall–Kier alpha value is -1.33. The van der Waals surface area contributed by atoms with Gasteiger partial charge < -0.3 is 0 Å². The summed E-state index contributed by atoms with van der Waals surface area (Å²) in [7, 11) is 0. The van der Waals surface area contributed by atoms with E-state index in [9.17, 15) is 4.79 Å². The smallest absolute Gasteiger partial charge is 0.257 e. The van der Waals surface area contributed by atoms with E-state index in [-0.39, 0.29) is 5.91 Å². The van der Waals surface area contributed by atoms with Gasteiger partial charge in [-0.1, -0.05) is 12.1 Å². The van der Waals surface area contributed by atoms with Crippen LogP contribution in [0.2, 0.25) is 0 Å². The van der Waals surface area contributed by atoms with Crippen molar-refractivity contribution in [3.8, 4) is 0 Å². The average Bonchev–Trinajstić information content (AvgIpc) is 3.11. The van der Waals surface area contributed by atoms with E-state index >= 15 is 0 Å². The van der Waals surface area contributed by atoms with E-state index in [2.05, 4.69) is 17.0 Å². The molecule has 4 aliphatic carbocycles. The molecule has 1 aromatic carbocycles. The summed E-state index contributed by atoms with van der Waals surface area (Å²) in [6.45, 7) is 0. The summed E-state index contributed by atoms with van der Waals surface area (Å²) in [5, 5.41) is 5.99. The summed E-state index contributed by atoms with van der Waals surface area (Å²) in [5.74, 6) is 3.66. The second-order valence-electron chi connectivity index (χ2n) is 8.82. The van der Waals surface area contributed by atoms with Gasteiger partial charge in [0, 0.05) is 22.1 Å². The van der Waals surface area contributed by atoms with Gasteiger partial charge in [0.1, 0.15) is 0 Å². The highest BCUT2D eigenvalue weighted by atomic mass is 32.2. The number of carbonyl (C=O) groups excluding carboxylic acids is 1. The molecule has 142 valence electrons. The van der Waals surface area contributed by atoms with Crippen LogP contribution in [0.5, 0.6) is 0 Å². The van der Waals surface area contributed by atoms with Crippen LogP contribution in [0.15, 0.2) is 29.6 Å². The Morgan fingerprint density at radius 2 is 1.78 bits per heavy atom. The first-order valence-electron chi connectivity index (χ1n) is 9.99. The zero-order chi connectivity index (χ0) is 18.4. The normalized spacial score (nSPS) is 31.2. The first-order chi connectivity index (χ1) is 13.1. The molecule has 5 heteroatoms. The van der Waals surface area contributed by atoms with E-state index in [0.29, 0.717) is 11.0 Å². The Morgan fingerprint density at radius 3 is 2.37 bits per heavy atom. The topological polar surface area (TPSA) is 42.0 Å². The van der Waals surface area contributed by atoms with Crippen molar-refractivity contribution in [2.24, 2.45) is 17.8 Å². The van der Waals surface area contributed by atoms with Crippen molar-refractivity contribution in [3.63, 3.8) is 0 Å². The number of thioether (sulfide) groups is 1. The van der Waals surface area contributed by atoms with E-state index < -0.39 is 0 Å². The van der Waals surface area contributed by atoms with Gasteiger partial charge in [0.2, 0.25) is 0 Å². The van der Waals surface area contributed by atoms with Gasteiger partial charge in [-0.05, 0) is 80.2 Å². The highest BCUT2D eigenvalue weighted by Crippen LogP contribution is 2.60. The highest BCUT2D eigenvalue weighted by molar-refractivity contribution is 7.97. The molecule has 27 heavy (non-hydrogen) atoms. The van der Waals surface area contributed by atoms with Gasteiger partial charge in [-0.3, -0.25) is 10.1 Å². The van der Waals surface area contributed by atoms with Crippen LogP contribution in [0.3, 0.4) is 0 Å². The Balaban J connectivity index is 1.30. The lowest BCUT2D eigenvalue weighted by molar-refractivity contribution is -0.00688. The van der Waals surface area contributed by atoms with Crippen molar-refractivity contribution in [3.05, 3.63) is 46.5 Å². The van der Waals surface area contributed by atoms with Gasteiger partial charge in [-0.15, -0.1) is 11.3 Å². The van der Waals surface area contributed by atoms with Crippen molar-refractivity contribution in [2.75, 3.05) is 11.6 Å². The lowest BCUT2D eigenvalue weighted by Gasteiger charge is -2.56. The Kier molecular flexibility index (Phi) is 4.55. The molecule has 0 radical (unpaired) electrons. The van der Waals surface area contributed by atoms with Gasteiger partial charge in [-0.25, -0.2) is 4.98 Å². The summed E-state index contributed by atoms with van der Waals surface area (Å²) >= 11 is 3.38. The average molecular weight is 399 g/mol. The maximum absolute atomic E-state index is 12.6. The second-order valence-corrected chi connectivity index (χ2v) is 10.5. The molecule has 4 saturated carbocycles. The molecule has 0 saturated heterocycles. The Morgan fingerprint density at radius 1 is 1.15 bits per heavy atom. The molecule has 1 N–H and O–H groups in total. The van der Waals surface area contributed by atoms with Crippen LogP contribution in [-0.2, 0) is 11.2 Å². The third-order valence-electron chi connectivity index (χ3n) is 6.83. The standard InChI is InChI=1S/C22H26N2OS2/c1-26-12-14-2-4-18(5-3-14)20(25)24-21-23-19(13-27-21)22-9-15-6-16(10-22)8-17(7-15)11-22/h2-5,13,15-17H,6-12H2,1H3,(H,23,24,25). The summed E-state index contributed by atoms with van der Waals surface area (Å²) in [6.07, 6.45) is 10.4. The molecule has 4 bridgehead atoms. The minimum absolute atomic E-state index is 0.0582. The van der Waals surface area contributed by atoms with Gasteiger partial charge in [0.15, 0.2) is 5.13 Å². The number of amides is 1. The molecule has 4 fully saturated rings.